The standard InChI is InChI=1S/C19H28N8O/c1-11(2)27-10-24-16-17(25-19(26-18(16)27)23-8-12(3)20)22-9-13-7-14(28-4)5-6-15(13)21/h5-7,10-12H,8-9,20-21H2,1-4H3,(H2,22,23,25,26). The average molecular weight is 384 g/mol. The van der Waals surface area contributed by atoms with Crippen molar-refractivity contribution in [3.63, 3.8) is 0 Å². The molecule has 0 aliphatic heterocycles. The van der Waals surface area contributed by atoms with Crippen LogP contribution in [0.25, 0.3) is 11.2 Å². The van der Waals surface area contributed by atoms with E-state index in [0.29, 0.717) is 36.1 Å². The van der Waals surface area contributed by atoms with Gasteiger partial charge in [0.05, 0.1) is 13.4 Å². The molecule has 0 fully saturated rings. The predicted octanol–water partition coefficient (Wildman–Crippen LogP) is 2.37. The predicted molar refractivity (Wildman–Crippen MR) is 113 cm³/mol. The highest BCUT2D eigenvalue weighted by Gasteiger charge is 2.15. The quantitative estimate of drug-likeness (QED) is 0.436. The molecule has 0 bridgehead atoms. The van der Waals surface area contributed by atoms with Gasteiger partial charge >= 0.3 is 0 Å². The highest BCUT2D eigenvalue weighted by molar-refractivity contribution is 5.84. The number of nitrogens with two attached hydrogens (primary N) is 2. The van der Waals surface area contributed by atoms with Crippen molar-refractivity contribution in [3.05, 3.63) is 30.1 Å². The molecule has 1 atom stereocenters. The minimum Gasteiger partial charge on any atom is -0.497 e. The van der Waals surface area contributed by atoms with E-state index in [4.69, 9.17) is 16.2 Å². The Kier molecular flexibility index (Phi) is 5.84. The van der Waals surface area contributed by atoms with Gasteiger partial charge in [-0.05, 0) is 44.5 Å². The van der Waals surface area contributed by atoms with Crippen LogP contribution < -0.4 is 26.8 Å². The first-order chi connectivity index (χ1) is 13.4. The third-order valence-electron chi connectivity index (χ3n) is 4.36. The molecule has 9 nitrogen and oxygen atoms in total. The maximum atomic E-state index is 6.10. The zero-order valence-electron chi connectivity index (χ0n) is 16.7. The van der Waals surface area contributed by atoms with Gasteiger partial charge in [-0.1, -0.05) is 0 Å². The van der Waals surface area contributed by atoms with E-state index in [0.717, 1.165) is 17.0 Å². The Morgan fingerprint density at radius 1 is 1.18 bits per heavy atom. The summed E-state index contributed by atoms with van der Waals surface area (Å²) in [6.45, 7) is 7.15. The Bertz CT molecular complexity index is 951. The number of rotatable bonds is 8. The monoisotopic (exact) mass is 384 g/mol. The molecule has 0 aliphatic carbocycles. The number of fused-ring (bicyclic) bond motifs is 1. The molecule has 28 heavy (non-hydrogen) atoms. The first-order valence-electron chi connectivity index (χ1n) is 9.29. The van der Waals surface area contributed by atoms with Gasteiger partial charge in [-0.3, -0.25) is 0 Å². The Labute approximate surface area is 164 Å². The second-order valence-electron chi connectivity index (χ2n) is 7.09. The van der Waals surface area contributed by atoms with E-state index in [2.05, 4.69) is 39.4 Å². The van der Waals surface area contributed by atoms with Crippen LogP contribution in [0.1, 0.15) is 32.4 Å². The summed E-state index contributed by atoms with van der Waals surface area (Å²) in [7, 11) is 1.63. The van der Waals surface area contributed by atoms with Crippen LogP contribution in [0.4, 0.5) is 17.5 Å². The van der Waals surface area contributed by atoms with Gasteiger partial charge in [-0.25, -0.2) is 4.98 Å². The number of imidazole rings is 1. The summed E-state index contributed by atoms with van der Waals surface area (Å²) in [4.78, 5) is 13.7. The second-order valence-corrected chi connectivity index (χ2v) is 7.09. The van der Waals surface area contributed by atoms with Crippen molar-refractivity contribution in [2.75, 3.05) is 30.0 Å². The molecule has 0 aliphatic rings. The molecule has 0 saturated carbocycles. The molecule has 0 spiro atoms. The lowest BCUT2D eigenvalue weighted by molar-refractivity contribution is 0.414. The lowest BCUT2D eigenvalue weighted by Gasteiger charge is -2.14. The molecule has 150 valence electrons. The lowest BCUT2D eigenvalue weighted by Crippen LogP contribution is -2.26. The van der Waals surface area contributed by atoms with E-state index in [9.17, 15) is 0 Å². The third kappa shape index (κ3) is 4.25. The maximum absolute atomic E-state index is 6.10. The summed E-state index contributed by atoms with van der Waals surface area (Å²) in [6.07, 6.45) is 1.78. The van der Waals surface area contributed by atoms with Crippen molar-refractivity contribution < 1.29 is 4.74 Å². The van der Waals surface area contributed by atoms with Gasteiger partial charge in [-0.15, -0.1) is 0 Å². The van der Waals surface area contributed by atoms with E-state index >= 15 is 0 Å². The first kappa shape index (κ1) is 19.7. The highest BCUT2D eigenvalue weighted by Crippen LogP contribution is 2.25. The number of hydrogen-bond donors (Lipinski definition) is 4. The van der Waals surface area contributed by atoms with E-state index in [-0.39, 0.29) is 12.1 Å². The number of ether oxygens (including phenoxy) is 1. The molecule has 0 saturated heterocycles. The van der Waals surface area contributed by atoms with E-state index in [1.807, 2.05) is 29.7 Å². The number of hydrogen-bond acceptors (Lipinski definition) is 8. The molecular formula is C19H28N8O. The normalized spacial score (nSPS) is 12.4. The molecule has 1 unspecified atom stereocenters. The van der Waals surface area contributed by atoms with Gasteiger partial charge in [-0.2, -0.15) is 9.97 Å². The minimum atomic E-state index is -0.0118. The van der Waals surface area contributed by atoms with E-state index in [1.54, 1.807) is 13.4 Å². The van der Waals surface area contributed by atoms with Gasteiger partial charge in [0.15, 0.2) is 17.0 Å². The van der Waals surface area contributed by atoms with Gasteiger partial charge in [0.2, 0.25) is 5.95 Å². The van der Waals surface area contributed by atoms with Crippen LogP contribution in [-0.4, -0.2) is 39.2 Å². The summed E-state index contributed by atoms with van der Waals surface area (Å²) in [6, 6.07) is 5.78. The second kappa shape index (κ2) is 8.30. The molecule has 0 amide bonds. The number of aromatic nitrogens is 4. The van der Waals surface area contributed by atoms with Crippen LogP contribution in [-0.2, 0) is 6.54 Å². The van der Waals surface area contributed by atoms with Crippen molar-refractivity contribution in [2.24, 2.45) is 5.73 Å². The zero-order chi connectivity index (χ0) is 20.3. The van der Waals surface area contributed by atoms with Crippen molar-refractivity contribution >= 4 is 28.6 Å². The molecule has 6 N–H and O–H groups in total. The summed E-state index contributed by atoms with van der Waals surface area (Å²) < 4.78 is 7.30. The van der Waals surface area contributed by atoms with Gasteiger partial charge < -0.3 is 31.4 Å². The topological polar surface area (TPSA) is 129 Å². The van der Waals surface area contributed by atoms with E-state index < -0.39 is 0 Å². The molecular weight excluding hydrogens is 356 g/mol. The zero-order valence-corrected chi connectivity index (χ0v) is 16.7. The fraction of sp³-hybridized carbons (Fsp3) is 0.421. The molecule has 0 radical (unpaired) electrons. The third-order valence-corrected chi connectivity index (χ3v) is 4.36. The van der Waals surface area contributed by atoms with Gasteiger partial charge in [0.25, 0.3) is 0 Å². The summed E-state index contributed by atoms with van der Waals surface area (Å²) in [5, 5.41) is 6.53. The molecule has 1 aromatic carbocycles. The Morgan fingerprint density at radius 3 is 2.64 bits per heavy atom. The van der Waals surface area contributed by atoms with Crippen LogP contribution in [0.5, 0.6) is 5.75 Å². The largest absolute Gasteiger partial charge is 0.497 e. The fourth-order valence-corrected chi connectivity index (χ4v) is 2.79. The van der Waals surface area contributed by atoms with Crippen molar-refractivity contribution in [1.29, 1.82) is 0 Å². The summed E-state index contributed by atoms with van der Waals surface area (Å²) in [5.41, 5.74) is 15.0. The number of nitrogens with one attached hydrogen (secondary N) is 2. The Hall–Kier alpha value is -3.07. The fourth-order valence-electron chi connectivity index (χ4n) is 2.79. The Morgan fingerprint density at radius 2 is 1.96 bits per heavy atom. The van der Waals surface area contributed by atoms with Crippen molar-refractivity contribution in [2.45, 2.75) is 39.4 Å². The van der Waals surface area contributed by atoms with Crippen LogP contribution in [0, 0.1) is 0 Å². The van der Waals surface area contributed by atoms with Crippen LogP contribution in [0.2, 0.25) is 0 Å². The molecule has 2 heterocycles. The molecule has 9 heteroatoms. The molecule has 2 aromatic heterocycles. The number of nitrogen functional groups attached to an aromatic ring is 1. The van der Waals surface area contributed by atoms with Crippen LogP contribution in [0.15, 0.2) is 24.5 Å². The van der Waals surface area contributed by atoms with Crippen molar-refractivity contribution in [1.82, 2.24) is 19.5 Å². The SMILES string of the molecule is COc1ccc(N)c(CNc2nc(NCC(C)N)nc3c2ncn3C(C)C)c1. The summed E-state index contributed by atoms with van der Waals surface area (Å²) in [5.74, 6) is 1.90. The van der Waals surface area contributed by atoms with Crippen LogP contribution >= 0.6 is 0 Å². The maximum Gasteiger partial charge on any atom is 0.226 e. The smallest absolute Gasteiger partial charge is 0.226 e. The number of anilines is 3. The summed E-state index contributed by atoms with van der Waals surface area (Å²) >= 11 is 0. The molecule has 3 aromatic rings. The highest BCUT2D eigenvalue weighted by atomic mass is 16.5. The lowest BCUT2D eigenvalue weighted by atomic mass is 10.1. The van der Waals surface area contributed by atoms with Crippen molar-refractivity contribution in [3.8, 4) is 5.75 Å². The van der Waals surface area contributed by atoms with E-state index in [1.165, 1.54) is 0 Å². The Balaban J connectivity index is 1.94. The average Bonchev–Trinajstić information content (AvgIpc) is 3.10. The minimum absolute atomic E-state index is 0.0118. The number of nitrogens with zero attached hydrogens (tertiary/aromatic N) is 4. The molecule has 3 rings (SSSR count). The van der Waals surface area contributed by atoms with Crippen LogP contribution in [0.3, 0.4) is 0 Å². The number of benzene rings is 1. The first-order valence-corrected chi connectivity index (χ1v) is 9.29. The number of methoxy groups -OCH3 is 1. The van der Waals surface area contributed by atoms with Gasteiger partial charge in [0.1, 0.15) is 5.75 Å². The van der Waals surface area contributed by atoms with Gasteiger partial charge in [0, 0.05) is 30.9 Å².